The van der Waals surface area contributed by atoms with Gasteiger partial charge in [0.15, 0.2) is 11.0 Å². The third-order valence-corrected chi connectivity index (χ3v) is 9.81. The lowest BCUT2D eigenvalue weighted by Crippen LogP contribution is -2.34. The Kier molecular flexibility index (Phi) is 10.8. The molecule has 2 aromatic carbocycles. The van der Waals surface area contributed by atoms with E-state index >= 15 is 4.39 Å². The average Bonchev–Trinajstić information content (AvgIpc) is 3.34. The van der Waals surface area contributed by atoms with Gasteiger partial charge < -0.3 is 16.5 Å². The molecule has 8 nitrogen and oxygen atoms in total. The van der Waals surface area contributed by atoms with E-state index in [2.05, 4.69) is 40.6 Å². The second-order valence-electron chi connectivity index (χ2n) is 11.8. The Morgan fingerprint density at radius 2 is 2.02 bits per heavy atom. The van der Waals surface area contributed by atoms with Crippen LogP contribution in [0.4, 0.5) is 4.39 Å². The van der Waals surface area contributed by atoms with Crippen molar-refractivity contribution in [3.05, 3.63) is 93.8 Å². The van der Waals surface area contributed by atoms with E-state index in [0.29, 0.717) is 40.4 Å². The molecule has 238 valence electrons. The van der Waals surface area contributed by atoms with Gasteiger partial charge in [0.25, 0.3) is 0 Å². The largest absolute Gasteiger partial charge is 0.379 e. The number of aryl methyl sites for hydroxylation is 1. The number of aromatic amines is 1. The summed E-state index contributed by atoms with van der Waals surface area (Å²) >= 11 is 7.68. The monoisotopic (exact) mass is 649 g/mol. The van der Waals surface area contributed by atoms with Crippen molar-refractivity contribution in [3.63, 3.8) is 0 Å². The van der Waals surface area contributed by atoms with Gasteiger partial charge in [-0.05, 0) is 87.0 Å². The number of fused-ring (bicyclic) bond motifs is 1. The molecule has 0 saturated carbocycles. The first kappa shape index (κ1) is 32.9. The number of benzene rings is 2. The van der Waals surface area contributed by atoms with Gasteiger partial charge in [0.05, 0.1) is 16.4 Å². The SMILES string of the molecule is C=C[C@H](N)CCCc1cc(Cl)c(F)c(-c2cc3cn(-c4ccc([C@@H]5CCCC[C@@H](CCSC(=N)N)N5C)cc4)c(=O)nc3[nH]2)c1. The van der Waals surface area contributed by atoms with Crippen LogP contribution in [0.15, 0.2) is 66.1 Å². The summed E-state index contributed by atoms with van der Waals surface area (Å²) in [5.74, 6) is 0.315. The number of nitrogens with zero attached hydrogens (tertiary/aromatic N) is 3. The third kappa shape index (κ3) is 7.87. The van der Waals surface area contributed by atoms with Gasteiger partial charge in [0, 0.05) is 41.0 Å². The first-order valence-corrected chi connectivity index (χ1v) is 16.8. The van der Waals surface area contributed by atoms with Crippen LogP contribution < -0.4 is 17.2 Å². The molecule has 0 spiro atoms. The number of amidine groups is 1. The van der Waals surface area contributed by atoms with Gasteiger partial charge in [-0.1, -0.05) is 54.4 Å². The lowest BCUT2D eigenvalue weighted by molar-refractivity contribution is 0.172. The van der Waals surface area contributed by atoms with Crippen LogP contribution in [-0.2, 0) is 6.42 Å². The van der Waals surface area contributed by atoms with Crippen molar-refractivity contribution in [3.8, 4) is 16.9 Å². The molecule has 1 fully saturated rings. The van der Waals surface area contributed by atoms with Crippen LogP contribution in [0, 0.1) is 11.2 Å². The number of likely N-dealkylation sites (tertiary alicyclic amines) is 1. The molecule has 6 N–H and O–H groups in total. The number of H-pyrrole nitrogens is 1. The minimum Gasteiger partial charge on any atom is -0.379 e. The fourth-order valence-corrected chi connectivity index (χ4v) is 7.11. The lowest BCUT2D eigenvalue weighted by atomic mass is 10.0. The highest BCUT2D eigenvalue weighted by atomic mass is 35.5. The van der Waals surface area contributed by atoms with E-state index in [1.54, 1.807) is 30.5 Å². The molecule has 1 aliphatic heterocycles. The molecule has 0 bridgehead atoms. The van der Waals surface area contributed by atoms with E-state index < -0.39 is 11.5 Å². The molecule has 1 saturated heterocycles. The van der Waals surface area contributed by atoms with Gasteiger partial charge in [-0.25, -0.2) is 9.18 Å². The van der Waals surface area contributed by atoms with Crippen LogP contribution >= 0.6 is 23.4 Å². The number of nitrogens with two attached hydrogens (primary N) is 2. The van der Waals surface area contributed by atoms with Crippen LogP contribution in [0.25, 0.3) is 28.0 Å². The molecule has 2 aromatic heterocycles. The van der Waals surface area contributed by atoms with Crippen LogP contribution in [0.2, 0.25) is 5.02 Å². The summed E-state index contributed by atoms with van der Waals surface area (Å²) in [6, 6.07) is 13.9. The Labute approximate surface area is 272 Å². The number of halogens is 2. The number of hydrogen-bond acceptors (Lipinski definition) is 6. The fourth-order valence-electron chi connectivity index (χ4n) is 6.26. The minimum atomic E-state index is -0.524. The first-order valence-electron chi connectivity index (χ1n) is 15.4. The van der Waals surface area contributed by atoms with Crippen LogP contribution in [-0.4, -0.2) is 49.5 Å². The maximum atomic E-state index is 15.2. The molecule has 45 heavy (non-hydrogen) atoms. The molecule has 3 heterocycles. The van der Waals surface area contributed by atoms with Crippen LogP contribution in [0.1, 0.15) is 62.1 Å². The van der Waals surface area contributed by atoms with Gasteiger partial charge in [0.2, 0.25) is 0 Å². The number of hydrogen-bond donors (Lipinski definition) is 4. The Balaban J connectivity index is 1.37. The van der Waals surface area contributed by atoms with Crippen molar-refractivity contribution < 1.29 is 4.39 Å². The second-order valence-corrected chi connectivity index (χ2v) is 13.4. The zero-order valence-electron chi connectivity index (χ0n) is 25.6. The molecule has 4 aromatic rings. The number of nitrogens with one attached hydrogen (secondary N) is 2. The summed E-state index contributed by atoms with van der Waals surface area (Å²) < 4.78 is 16.7. The van der Waals surface area contributed by atoms with E-state index in [9.17, 15) is 4.79 Å². The zero-order valence-corrected chi connectivity index (χ0v) is 27.1. The van der Waals surface area contributed by atoms with Gasteiger partial charge >= 0.3 is 5.69 Å². The van der Waals surface area contributed by atoms with Crippen molar-refractivity contribution in [2.24, 2.45) is 11.5 Å². The van der Waals surface area contributed by atoms with E-state index in [1.165, 1.54) is 28.3 Å². The van der Waals surface area contributed by atoms with Crippen molar-refractivity contribution >= 4 is 39.6 Å². The molecule has 1 aliphatic rings. The van der Waals surface area contributed by atoms with Gasteiger partial charge in [0.1, 0.15) is 5.65 Å². The Bertz CT molecular complexity index is 1720. The molecular weight excluding hydrogens is 609 g/mol. The molecular formula is C34H41ClFN7OS. The number of rotatable bonds is 11. The van der Waals surface area contributed by atoms with Gasteiger partial charge in [-0.2, -0.15) is 4.98 Å². The van der Waals surface area contributed by atoms with Crippen LogP contribution in [0.3, 0.4) is 0 Å². The summed E-state index contributed by atoms with van der Waals surface area (Å²) in [7, 11) is 2.18. The summed E-state index contributed by atoms with van der Waals surface area (Å²) in [6.07, 6.45) is 11.3. The highest BCUT2D eigenvalue weighted by Crippen LogP contribution is 2.34. The normalized spacial score (nSPS) is 18.1. The average molecular weight is 650 g/mol. The Hall–Kier alpha value is -3.44. The second kappa shape index (κ2) is 14.8. The van der Waals surface area contributed by atoms with Crippen molar-refractivity contribution in [2.45, 2.75) is 69.5 Å². The van der Waals surface area contributed by atoms with E-state index in [-0.39, 0.29) is 22.3 Å². The number of thioether (sulfide) groups is 1. The maximum absolute atomic E-state index is 15.2. The predicted octanol–water partition coefficient (Wildman–Crippen LogP) is 6.94. The zero-order chi connectivity index (χ0) is 32.1. The first-order chi connectivity index (χ1) is 21.6. The highest BCUT2D eigenvalue weighted by molar-refractivity contribution is 8.13. The van der Waals surface area contributed by atoms with Crippen LogP contribution in [0.5, 0.6) is 0 Å². The highest BCUT2D eigenvalue weighted by Gasteiger charge is 2.27. The van der Waals surface area contributed by atoms with Gasteiger partial charge in [-0.3, -0.25) is 14.9 Å². The summed E-state index contributed by atoms with van der Waals surface area (Å²) in [5.41, 5.74) is 15.1. The maximum Gasteiger partial charge on any atom is 0.354 e. The van der Waals surface area contributed by atoms with Crippen molar-refractivity contribution in [2.75, 3.05) is 12.8 Å². The summed E-state index contributed by atoms with van der Waals surface area (Å²) in [4.78, 5) is 23.0. The third-order valence-electron chi connectivity index (χ3n) is 8.79. The van der Waals surface area contributed by atoms with Crippen molar-refractivity contribution in [1.82, 2.24) is 19.4 Å². The van der Waals surface area contributed by atoms with Crippen molar-refractivity contribution in [1.29, 1.82) is 5.41 Å². The molecule has 11 heteroatoms. The predicted molar refractivity (Wildman–Crippen MR) is 185 cm³/mol. The summed E-state index contributed by atoms with van der Waals surface area (Å²) in [5, 5.41) is 8.39. The topological polar surface area (TPSA) is 130 Å². The molecule has 5 rings (SSSR count). The molecule has 0 radical (unpaired) electrons. The Morgan fingerprint density at radius 3 is 2.76 bits per heavy atom. The smallest absolute Gasteiger partial charge is 0.354 e. The molecule has 3 atom stereocenters. The Morgan fingerprint density at radius 1 is 1.27 bits per heavy atom. The summed E-state index contributed by atoms with van der Waals surface area (Å²) in [6.45, 7) is 3.72. The molecule has 0 amide bonds. The van der Waals surface area contributed by atoms with E-state index in [4.69, 9.17) is 28.5 Å². The lowest BCUT2D eigenvalue weighted by Gasteiger charge is -2.33. The number of aromatic nitrogens is 3. The standard InChI is InChI=1S/C34H41ClFN7OS/c1-3-24(37)8-6-7-21-17-27(31(36)28(35)18-21)29-19-23-20-43(34(44)41-32(23)40-29)26-13-11-22(12-14-26)30-10-5-4-9-25(42(30)2)15-16-45-33(38)39/h3,11-14,17-20,24-25,30H,1,4-10,15-16,37H2,2H3,(H3,38,39)(H,40,41,44)/t24-,25-,30-/m0/s1. The molecule has 0 unspecified atom stereocenters. The fraction of sp³-hybridized carbons (Fsp3) is 0.382. The molecule has 0 aliphatic carbocycles. The van der Waals surface area contributed by atoms with E-state index in [1.807, 2.05) is 12.1 Å². The minimum absolute atomic E-state index is 0.0439. The van der Waals surface area contributed by atoms with E-state index in [0.717, 1.165) is 49.8 Å². The quantitative estimate of drug-likeness (QED) is 0.0791. The van der Waals surface area contributed by atoms with Gasteiger partial charge in [-0.15, -0.1) is 6.58 Å².